The number of nitrogens with one attached hydrogen (secondary N) is 1. The van der Waals surface area contributed by atoms with Crippen molar-refractivity contribution in [3.8, 4) is 0 Å². The molecule has 0 radical (unpaired) electrons. The Kier molecular flexibility index (Phi) is 20.7. The Morgan fingerprint density at radius 2 is 1.07 bits per heavy atom. The van der Waals surface area contributed by atoms with Crippen LogP contribution >= 0.6 is 46.0 Å². The summed E-state index contributed by atoms with van der Waals surface area (Å²) in [5.74, 6) is 0. The van der Waals surface area contributed by atoms with E-state index in [0.717, 1.165) is 10.7 Å². The fourth-order valence-electron chi connectivity index (χ4n) is 3.55. The van der Waals surface area contributed by atoms with Gasteiger partial charge in [-0.15, -0.1) is 0 Å². The molecular weight excluding hydrogens is 433 g/mol. The number of hydrogen-bond acceptors (Lipinski definition) is 4. The molecule has 29 heavy (non-hydrogen) atoms. The molecule has 0 spiro atoms. The third-order valence-electron chi connectivity index (χ3n) is 5.30. The van der Waals surface area contributed by atoms with Crippen LogP contribution in [0, 0.1) is 0 Å². The van der Waals surface area contributed by atoms with Gasteiger partial charge in [-0.05, 0) is 41.9 Å². The van der Waals surface area contributed by atoms with E-state index >= 15 is 0 Å². The van der Waals surface area contributed by atoms with Gasteiger partial charge in [0.1, 0.15) is 8.64 Å². The molecule has 6 heteroatoms. The van der Waals surface area contributed by atoms with Crippen molar-refractivity contribution in [2.24, 2.45) is 5.73 Å². The molecule has 0 saturated carbocycles. The summed E-state index contributed by atoms with van der Waals surface area (Å²) in [5, 5.41) is 3.42. The fraction of sp³-hybridized carbons (Fsp3) is 0.913. The molecule has 0 aromatic heterocycles. The lowest BCUT2D eigenvalue weighted by atomic mass is 9.96. The van der Waals surface area contributed by atoms with Gasteiger partial charge in [-0.1, -0.05) is 134 Å². The number of unbranched alkanes of at least 4 members (excludes halogenated alkanes) is 15. The summed E-state index contributed by atoms with van der Waals surface area (Å²) in [6, 6.07) is 0. The van der Waals surface area contributed by atoms with E-state index in [0.29, 0.717) is 4.32 Å². The van der Waals surface area contributed by atoms with Crippen LogP contribution in [0.1, 0.15) is 130 Å². The topological polar surface area (TPSA) is 38.0 Å². The second-order valence-electron chi connectivity index (χ2n) is 8.84. The van der Waals surface area contributed by atoms with Crippen molar-refractivity contribution in [1.82, 2.24) is 5.32 Å². The van der Waals surface area contributed by atoms with E-state index in [9.17, 15) is 0 Å². The lowest BCUT2D eigenvalue weighted by Crippen LogP contribution is -2.41. The summed E-state index contributed by atoms with van der Waals surface area (Å²) in [4.78, 5) is 0. The summed E-state index contributed by atoms with van der Waals surface area (Å²) in [6.45, 7) is 6.73. The Labute approximate surface area is 200 Å². The SMILES string of the molecule is CCCCCCCCCCCCCCCCCCC(C)(C)NC(=S)SSC(N)=S. The van der Waals surface area contributed by atoms with Crippen molar-refractivity contribution >= 4 is 54.7 Å². The van der Waals surface area contributed by atoms with Gasteiger partial charge in [0.2, 0.25) is 0 Å². The van der Waals surface area contributed by atoms with E-state index < -0.39 is 0 Å². The summed E-state index contributed by atoms with van der Waals surface area (Å²) in [6.07, 6.45) is 23.7. The van der Waals surface area contributed by atoms with Gasteiger partial charge in [0.15, 0.2) is 0 Å². The number of rotatable bonds is 18. The maximum Gasteiger partial charge on any atom is 0.145 e. The molecule has 0 bridgehead atoms. The smallest absolute Gasteiger partial charge is 0.145 e. The lowest BCUT2D eigenvalue weighted by molar-refractivity contribution is 0.404. The second-order valence-corrected chi connectivity index (χ2v) is 12.4. The molecule has 0 aromatic carbocycles. The summed E-state index contributed by atoms with van der Waals surface area (Å²) >= 11 is 10.2. The normalized spacial score (nSPS) is 11.6. The Hall–Kier alpha value is 0.480. The standard InChI is InChI=1S/C23H46N2S4/c1-4-5-6-7-8-9-10-11-12-13-14-15-16-17-18-19-20-23(2,3)25-22(27)29-28-21(24)26/h4-20H2,1-3H3,(H2,24,26)(H,25,27). The van der Waals surface area contributed by atoms with Crippen LogP contribution < -0.4 is 11.1 Å². The minimum atomic E-state index is 0.0386. The number of thiocarbonyl (C=S) groups is 2. The number of hydrogen-bond donors (Lipinski definition) is 2. The van der Waals surface area contributed by atoms with Crippen LogP contribution in [-0.4, -0.2) is 14.2 Å². The largest absolute Gasteiger partial charge is 0.384 e. The van der Waals surface area contributed by atoms with Gasteiger partial charge in [0, 0.05) is 5.54 Å². The molecule has 0 unspecified atom stereocenters. The van der Waals surface area contributed by atoms with Crippen LogP contribution in [0.5, 0.6) is 0 Å². The van der Waals surface area contributed by atoms with Crippen LogP contribution in [-0.2, 0) is 0 Å². The van der Waals surface area contributed by atoms with Crippen molar-refractivity contribution in [2.75, 3.05) is 0 Å². The minimum absolute atomic E-state index is 0.0386. The number of nitrogens with two attached hydrogens (primary N) is 1. The van der Waals surface area contributed by atoms with Gasteiger partial charge in [0.05, 0.1) is 0 Å². The van der Waals surface area contributed by atoms with Crippen molar-refractivity contribution in [3.05, 3.63) is 0 Å². The molecule has 0 aromatic rings. The lowest BCUT2D eigenvalue weighted by Gasteiger charge is -2.27. The fourth-order valence-corrected chi connectivity index (χ4v) is 5.52. The first kappa shape index (κ1) is 29.5. The second kappa shape index (κ2) is 20.4. The molecular formula is C23H46N2S4. The first-order valence-electron chi connectivity index (χ1n) is 11.8. The molecule has 0 aliphatic rings. The van der Waals surface area contributed by atoms with Gasteiger partial charge in [0.25, 0.3) is 0 Å². The van der Waals surface area contributed by atoms with Crippen molar-refractivity contribution in [2.45, 2.75) is 135 Å². The highest BCUT2D eigenvalue weighted by Crippen LogP contribution is 2.24. The van der Waals surface area contributed by atoms with E-state index in [4.69, 9.17) is 30.2 Å². The quantitative estimate of drug-likeness (QED) is 0.116. The van der Waals surface area contributed by atoms with Gasteiger partial charge in [-0.2, -0.15) is 0 Å². The van der Waals surface area contributed by atoms with E-state index in [-0.39, 0.29) is 5.54 Å². The molecule has 0 atom stereocenters. The Balaban J connectivity index is 3.37. The maximum absolute atomic E-state index is 5.49. The van der Waals surface area contributed by atoms with E-state index in [1.807, 2.05) is 0 Å². The predicted octanol–water partition coefficient (Wildman–Crippen LogP) is 8.92. The van der Waals surface area contributed by atoms with Crippen LogP contribution in [0.4, 0.5) is 0 Å². The molecule has 0 amide bonds. The molecule has 0 rings (SSSR count). The molecule has 0 aliphatic heterocycles. The minimum Gasteiger partial charge on any atom is -0.384 e. The Morgan fingerprint density at radius 1 is 0.690 bits per heavy atom. The average molecular weight is 479 g/mol. The van der Waals surface area contributed by atoms with Crippen molar-refractivity contribution < 1.29 is 0 Å². The van der Waals surface area contributed by atoms with E-state index in [1.54, 1.807) is 0 Å². The Bertz CT molecular complexity index is 414. The van der Waals surface area contributed by atoms with Crippen LogP contribution in [0.2, 0.25) is 0 Å². The predicted molar refractivity (Wildman–Crippen MR) is 146 cm³/mol. The van der Waals surface area contributed by atoms with Crippen LogP contribution in [0.3, 0.4) is 0 Å². The zero-order chi connectivity index (χ0) is 21.8. The zero-order valence-electron chi connectivity index (χ0n) is 19.2. The monoisotopic (exact) mass is 478 g/mol. The molecule has 0 fully saturated rings. The van der Waals surface area contributed by atoms with Gasteiger partial charge < -0.3 is 11.1 Å². The highest BCUT2D eigenvalue weighted by atomic mass is 33.1. The molecule has 2 nitrogen and oxygen atoms in total. The summed E-state index contributed by atoms with van der Waals surface area (Å²) in [5.41, 5.74) is 5.53. The van der Waals surface area contributed by atoms with Gasteiger partial charge >= 0.3 is 0 Å². The van der Waals surface area contributed by atoms with E-state index in [2.05, 4.69) is 26.1 Å². The Morgan fingerprint density at radius 3 is 1.45 bits per heavy atom. The van der Waals surface area contributed by atoms with Gasteiger partial charge in [-0.3, -0.25) is 0 Å². The summed E-state index contributed by atoms with van der Waals surface area (Å²) in [7, 11) is 2.80. The molecule has 3 N–H and O–H groups in total. The average Bonchev–Trinajstić information content (AvgIpc) is 2.65. The van der Waals surface area contributed by atoms with Crippen molar-refractivity contribution in [1.29, 1.82) is 0 Å². The van der Waals surface area contributed by atoms with Crippen molar-refractivity contribution in [3.63, 3.8) is 0 Å². The van der Waals surface area contributed by atoms with Crippen LogP contribution in [0.15, 0.2) is 0 Å². The molecule has 172 valence electrons. The molecule has 0 heterocycles. The summed E-state index contributed by atoms with van der Waals surface area (Å²) < 4.78 is 1.19. The highest BCUT2D eigenvalue weighted by Gasteiger charge is 2.18. The third-order valence-corrected chi connectivity index (χ3v) is 8.32. The maximum atomic E-state index is 5.49. The zero-order valence-corrected chi connectivity index (χ0v) is 22.5. The van der Waals surface area contributed by atoms with E-state index in [1.165, 1.54) is 124 Å². The highest BCUT2D eigenvalue weighted by molar-refractivity contribution is 8.89. The van der Waals surface area contributed by atoms with Crippen LogP contribution in [0.25, 0.3) is 0 Å². The van der Waals surface area contributed by atoms with Gasteiger partial charge in [-0.25, -0.2) is 0 Å². The first-order chi connectivity index (χ1) is 13.9. The third kappa shape index (κ3) is 23.0. The molecule has 0 aliphatic carbocycles. The first-order valence-corrected chi connectivity index (χ1v) is 14.8. The molecule has 0 saturated heterocycles.